The van der Waals surface area contributed by atoms with Crippen LogP contribution in [0.5, 0.6) is 0 Å². The minimum atomic E-state index is 0.0358. The minimum Gasteiger partial charge on any atom is -0.378 e. The summed E-state index contributed by atoms with van der Waals surface area (Å²) in [6.07, 6.45) is 0. The van der Waals surface area contributed by atoms with Crippen molar-refractivity contribution in [2.75, 3.05) is 26.3 Å². The lowest BCUT2D eigenvalue weighted by atomic mass is 10.1. The van der Waals surface area contributed by atoms with Gasteiger partial charge < -0.3 is 9.64 Å². The number of carbonyl (C=O) groups is 1. The van der Waals surface area contributed by atoms with E-state index in [1.165, 1.54) is 0 Å². The lowest BCUT2D eigenvalue weighted by Gasteiger charge is -2.27. The van der Waals surface area contributed by atoms with E-state index in [1.54, 1.807) is 0 Å². The molecule has 0 unspecified atom stereocenters. The molecule has 1 amide bonds. The molecule has 2 aromatic rings. The van der Waals surface area contributed by atoms with Crippen LogP contribution in [0.1, 0.15) is 27.3 Å². The molecule has 0 spiro atoms. The Balaban J connectivity index is 1.87. The summed E-state index contributed by atoms with van der Waals surface area (Å²) in [6, 6.07) is 7.69. The fourth-order valence-electron chi connectivity index (χ4n) is 2.87. The summed E-state index contributed by atoms with van der Waals surface area (Å²) in [5, 5.41) is 5.25. The maximum Gasteiger partial charge on any atom is 0.257 e. The van der Waals surface area contributed by atoms with Crippen LogP contribution in [0.25, 0.3) is 0 Å². The molecular weight excluding hydrogens is 314 g/mol. The average Bonchev–Trinajstić information content (AvgIpc) is 2.84. The van der Waals surface area contributed by atoms with Crippen molar-refractivity contribution in [1.82, 2.24) is 14.7 Å². The third kappa shape index (κ3) is 3.26. The first-order valence-electron chi connectivity index (χ1n) is 7.72. The summed E-state index contributed by atoms with van der Waals surface area (Å²) in [6.45, 7) is 6.83. The van der Waals surface area contributed by atoms with E-state index in [-0.39, 0.29) is 5.91 Å². The van der Waals surface area contributed by atoms with Crippen LogP contribution in [0.4, 0.5) is 0 Å². The molecule has 6 heteroatoms. The highest BCUT2D eigenvalue weighted by Gasteiger charge is 2.25. The summed E-state index contributed by atoms with van der Waals surface area (Å²) in [5.74, 6) is 0.0358. The highest BCUT2D eigenvalue weighted by atomic mass is 35.5. The number of nitrogens with zero attached hydrogens (tertiary/aromatic N) is 3. The molecule has 1 aliphatic heterocycles. The van der Waals surface area contributed by atoms with Crippen LogP contribution in [0, 0.1) is 13.8 Å². The van der Waals surface area contributed by atoms with Crippen molar-refractivity contribution in [3.8, 4) is 0 Å². The number of hydrogen-bond acceptors (Lipinski definition) is 3. The Hall–Kier alpha value is -1.85. The normalized spacial score (nSPS) is 15.0. The summed E-state index contributed by atoms with van der Waals surface area (Å²) in [4.78, 5) is 14.6. The largest absolute Gasteiger partial charge is 0.378 e. The third-order valence-corrected chi connectivity index (χ3v) is 4.54. The predicted octanol–water partition coefficient (Wildman–Crippen LogP) is 2.67. The van der Waals surface area contributed by atoms with Crippen LogP contribution in [-0.4, -0.2) is 46.9 Å². The van der Waals surface area contributed by atoms with E-state index in [4.69, 9.17) is 16.3 Å². The zero-order valence-corrected chi connectivity index (χ0v) is 14.1. The van der Waals surface area contributed by atoms with Crippen molar-refractivity contribution < 1.29 is 9.53 Å². The van der Waals surface area contributed by atoms with Gasteiger partial charge in [-0.25, -0.2) is 0 Å². The van der Waals surface area contributed by atoms with Gasteiger partial charge in [0.15, 0.2) is 0 Å². The van der Waals surface area contributed by atoms with Gasteiger partial charge in [0.25, 0.3) is 5.91 Å². The quantitative estimate of drug-likeness (QED) is 0.867. The first kappa shape index (κ1) is 16.0. The highest BCUT2D eigenvalue weighted by molar-refractivity contribution is 6.31. The van der Waals surface area contributed by atoms with E-state index in [2.05, 4.69) is 5.10 Å². The van der Waals surface area contributed by atoms with Crippen molar-refractivity contribution in [3.63, 3.8) is 0 Å². The van der Waals surface area contributed by atoms with Crippen molar-refractivity contribution >= 4 is 17.5 Å². The number of aryl methyl sites for hydroxylation is 1. The number of rotatable bonds is 3. The van der Waals surface area contributed by atoms with Crippen LogP contribution in [0.3, 0.4) is 0 Å². The van der Waals surface area contributed by atoms with Crippen LogP contribution in [-0.2, 0) is 11.3 Å². The van der Waals surface area contributed by atoms with E-state index in [9.17, 15) is 4.79 Å². The lowest BCUT2D eigenvalue weighted by molar-refractivity contribution is 0.0302. The van der Waals surface area contributed by atoms with Gasteiger partial charge in [-0.1, -0.05) is 29.8 Å². The Labute approximate surface area is 140 Å². The van der Waals surface area contributed by atoms with Gasteiger partial charge in [0.05, 0.1) is 31.0 Å². The minimum absolute atomic E-state index is 0.0358. The Morgan fingerprint density at radius 1 is 1.26 bits per heavy atom. The van der Waals surface area contributed by atoms with Gasteiger partial charge in [0.2, 0.25) is 0 Å². The fraction of sp³-hybridized carbons (Fsp3) is 0.412. The molecular formula is C17H20ClN3O2. The van der Waals surface area contributed by atoms with Crippen molar-refractivity contribution in [2.45, 2.75) is 20.4 Å². The zero-order valence-electron chi connectivity index (χ0n) is 13.4. The summed E-state index contributed by atoms with van der Waals surface area (Å²) < 4.78 is 7.17. The Morgan fingerprint density at radius 2 is 1.96 bits per heavy atom. The standard InChI is InChI=1S/C17H20ClN3O2/c1-12-16(17(22)20-7-9-23-10-8-20)13(2)21(19-12)11-14-5-3-4-6-15(14)18/h3-6H,7-11H2,1-2H3. The molecule has 5 nitrogen and oxygen atoms in total. The van der Waals surface area contributed by atoms with E-state index < -0.39 is 0 Å². The maximum absolute atomic E-state index is 12.8. The average molecular weight is 334 g/mol. The molecule has 1 aromatic heterocycles. The van der Waals surface area contributed by atoms with Gasteiger partial charge in [-0.2, -0.15) is 5.10 Å². The molecule has 122 valence electrons. The van der Waals surface area contributed by atoms with E-state index in [0.717, 1.165) is 17.0 Å². The molecule has 23 heavy (non-hydrogen) atoms. The summed E-state index contributed by atoms with van der Waals surface area (Å²) in [7, 11) is 0. The molecule has 1 aliphatic rings. The molecule has 1 aromatic carbocycles. The van der Waals surface area contributed by atoms with Gasteiger partial charge >= 0.3 is 0 Å². The van der Waals surface area contributed by atoms with Gasteiger partial charge in [-0.05, 0) is 25.5 Å². The smallest absolute Gasteiger partial charge is 0.257 e. The summed E-state index contributed by atoms with van der Waals surface area (Å²) >= 11 is 6.23. The predicted molar refractivity (Wildman–Crippen MR) is 89.0 cm³/mol. The Kier molecular flexibility index (Phi) is 4.68. The number of aromatic nitrogens is 2. The second-order valence-corrected chi connectivity index (χ2v) is 6.11. The highest BCUT2D eigenvalue weighted by Crippen LogP contribution is 2.21. The molecule has 1 fully saturated rings. The fourth-order valence-corrected chi connectivity index (χ4v) is 3.07. The Morgan fingerprint density at radius 3 is 2.65 bits per heavy atom. The zero-order chi connectivity index (χ0) is 16.4. The van der Waals surface area contributed by atoms with Gasteiger partial charge in [0.1, 0.15) is 0 Å². The third-order valence-electron chi connectivity index (χ3n) is 4.17. The second-order valence-electron chi connectivity index (χ2n) is 5.70. The number of hydrogen-bond donors (Lipinski definition) is 0. The SMILES string of the molecule is Cc1nn(Cc2ccccc2Cl)c(C)c1C(=O)N1CCOCC1. The van der Waals surface area contributed by atoms with Gasteiger partial charge in [-0.3, -0.25) is 9.48 Å². The van der Waals surface area contributed by atoms with Gasteiger partial charge in [0, 0.05) is 23.8 Å². The number of benzene rings is 1. The van der Waals surface area contributed by atoms with Crippen LogP contribution < -0.4 is 0 Å². The lowest BCUT2D eigenvalue weighted by Crippen LogP contribution is -2.41. The first-order chi connectivity index (χ1) is 11.1. The number of halogens is 1. The molecule has 0 radical (unpaired) electrons. The molecule has 0 saturated carbocycles. The molecule has 2 heterocycles. The van der Waals surface area contributed by atoms with Crippen LogP contribution >= 0.6 is 11.6 Å². The molecule has 0 aliphatic carbocycles. The van der Waals surface area contributed by atoms with Crippen molar-refractivity contribution in [3.05, 3.63) is 51.8 Å². The topological polar surface area (TPSA) is 47.4 Å². The van der Waals surface area contributed by atoms with Crippen LogP contribution in [0.2, 0.25) is 5.02 Å². The molecule has 0 atom stereocenters. The van der Waals surface area contributed by atoms with Crippen molar-refractivity contribution in [2.24, 2.45) is 0 Å². The number of morpholine rings is 1. The number of ether oxygens (including phenoxy) is 1. The van der Waals surface area contributed by atoms with E-state index in [1.807, 2.05) is 47.7 Å². The van der Waals surface area contributed by atoms with Crippen molar-refractivity contribution in [1.29, 1.82) is 0 Å². The number of amides is 1. The molecule has 0 bridgehead atoms. The maximum atomic E-state index is 12.8. The second kappa shape index (κ2) is 6.72. The molecule has 3 rings (SSSR count). The molecule has 0 N–H and O–H groups in total. The van der Waals surface area contributed by atoms with Gasteiger partial charge in [-0.15, -0.1) is 0 Å². The monoisotopic (exact) mass is 333 g/mol. The first-order valence-corrected chi connectivity index (χ1v) is 8.10. The molecule has 1 saturated heterocycles. The number of carbonyl (C=O) groups excluding carboxylic acids is 1. The van der Waals surface area contributed by atoms with E-state index in [0.29, 0.717) is 43.4 Å². The van der Waals surface area contributed by atoms with E-state index >= 15 is 0 Å². The Bertz CT molecular complexity index is 721. The van der Waals surface area contributed by atoms with Crippen LogP contribution in [0.15, 0.2) is 24.3 Å². The summed E-state index contributed by atoms with van der Waals surface area (Å²) in [5.41, 5.74) is 3.31.